The number of ether oxygens (including phenoxy) is 1. The van der Waals surface area contributed by atoms with E-state index in [4.69, 9.17) is 20.8 Å². The fourth-order valence-electron chi connectivity index (χ4n) is 3.98. The van der Waals surface area contributed by atoms with E-state index in [1.54, 1.807) is 13.8 Å². The van der Waals surface area contributed by atoms with Gasteiger partial charge in [-0.3, -0.25) is 0 Å². The lowest BCUT2D eigenvalue weighted by Gasteiger charge is -2.23. The summed E-state index contributed by atoms with van der Waals surface area (Å²) in [7, 11) is -4.23. The van der Waals surface area contributed by atoms with E-state index < -0.39 is 39.7 Å². The molecule has 6 nitrogen and oxygen atoms in total. The number of carbonyl (C=O) groups excluding carboxylic acids is 1. The molecule has 0 spiro atoms. The molecule has 0 atom stereocenters. The fraction of sp³-hybridized carbons (Fsp3) is 0.222. The standard InChI is InChI=1S/C27H24ClF2NO5S/c1-3-35-27(32)26-17(2)21-15-20(9-10-25(21)36-26)37(33,34)31(12-11-18-7-5-4-6-8-18)16-22-23(29)13-19(28)14-24(22)30/h4-10,13-15H,3,11-12,16H2,1-2H3. The topological polar surface area (TPSA) is 76.8 Å². The highest BCUT2D eigenvalue weighted by Gasteiger charge is 2.28. The SMILES string of the molecule is CCOC(=O)c1oc2ccc(S(=O)(=O)N(CCc3ccccc3)Cc3c(F)cc(Cl)cc3F)cc2c1C. The summed E-state index contributed by atoms with van der Waals surface area (Å²) >= 11 is 5.75. The van der Waals surface area contributed by atoms with E-state index >= 15 is 0 Å². The summed E-state index contributed by atoms with van der Waals surface area (Å²) in [6.07, 6.45) is 0.316. The molecule has 194 valence electrons. The third-order valence-corrected chi connectivity index (χ3v) is 8.00. The van der Waals surface area contributed by atoms with Crippen molar-refractivity contribution >= 4 is 38.6 Å². The van der Waals surface area contributed by atoms with E-state index in [9.17, 15) is 22.0 Å². The van der Waals surface area contributed by atoms with E-state index in [0.717, 1.165) is 22.0 Å². The Labute approximate surface area is 218 Å². The minimum absolute atomic E-state index is 0.0161. The molecular formula is C27H24ClF2NO5S. The van der Waals surface area contributed by atoms with E-state index in [2.05, 4.69) is 0 Å². The van der Waals surface area contributed by atoms with Crippen LogP contribution in [-0.2, 0) is 27.7 Å². The Hall–Kier alpha value is -3.27. The molecule has 0 amide bonds. The van der Waals surface area contributed by atoms with Gasteiger partial charge in [-0.15, -0.1) is 0 Å². The third-order valence-electron chi connectivity index (χ3n) is 5.94. The van der Waals surface area contributed by atoms with Gasteiger partial charge in [0.15, 0.2) is 0 Å². The van der Waals surface area contributed by atoms with Gasteiger partial charge in [0.2, 0.25) is 15.8 Å². The maximum Gasteiger partial charge on any atom is 0.374 e. The number of benzene rings is 3. The first-order valence-electron chi connectivity index (χ1n) is 11.5. The monoisotopic (exact) mass is 547 g/mol. The minimum atomic E-state index is -4.23. The molecule has 0 bridgehead atoms. The van der Waals surface area contributed by atoms with Crippen LogP contribution >= 0.6 is 11.6 Å². The first kappa shape index (κ1) is 26.8. The van der Waals surface area contributed by atoms with Gasteiger partial charge in [-0.2, -0.15) is 4.31 Å². The predicted octanol–water partition coefficient (Wildman–Crippen LogP) is 6.28. The van der Waals surface area contributed by atoms with Crippen LogP contribution in [0.2, 0.25) is 5.02 Å². The zero-order chi connectivity index (χ0) is 26.7. The number of hydrogen-bond acceptors (Lipinski definition) is 5. The van der Waals surface area contributed by atoms with Gasteiger partial charge < -0.3 is 9.15 Å². The van der Waals surface area contributed by atoms with Gasteiger partial charge in [-0.1, -0.05) is 41.9 Å². The Morgan fingerprint density at radius 1 is 1.05 bits per heavy atom. The molecule has 0 saturated carbocycles. The molecule has 0 aliphatic carbocycles. The normalized spacial score (nSPS) is 11.8. The summed E-state index contributed by atoms with van der Waals surface area (Å²) in [5.74, 6) is -2.55. The second-order valence-electron chi connectivity index (χ2n) is 8.36. The lowest BCUT2D eigenvalue weighted by atomic mass is 10.1. The Kier molecular flexibility index (Phi) is 7.96. The molecule has 1 heterocycles. The smallest absolute Gasteiger partial charge is 0.374 e. The second kappa shape index (κ2) is 11.0. The van der Waals surface area contributed by atoms with Crippen molar-refractivity contribution in [3.05, 3.63) is 99.8 Å². The maximum absolute atomic E-state index is 14.6. The van der Waals surface area contributed by atoms with Crippen molar-refractivity contribution in [3.8, 4) is 0 Å². The number of fused-ring (bicyclic) bond motifs is 1. The van der Waals surface area contributed by atoms with Crippen LogP contribution in [0.5, 0.6) is 0 Å². The molecule has 0 unspecified atom stereocenters. The number of nitrogens with zero attached hydrogens (tertiary/aromatic N) is 1. The highest BCUT2D eigenvalue weighted by atomic mass is 35.5. The molecule has 0 fully saturated rings. The van der Waals surface area contributed by atoms with Crippen LogP contribution in [0, 0.1) is 18.6 Å². The number of furan rings is 1. The molecule has 0 aliphatic rings. The molecule has 1 aromatic heterocycles. The molecule has 0 N–H and O–H groups in total. The average molecular weight is 548 g/mol. The molecule has 4 aromatic rings. The molecule has 4 rings (SSSR count). The number of rotatable bonds is 9. The van der Waals surface area contributed by atoms with Crippen molar-refractivity contribution in [2.24, 2.45) is 0 Å². The number of carbonyl (C=O) groups is 1. The van der Waals surface area contributed by atoms with Crippen LogP contribution in [0.1, 0.15) is 34.2 Å². The zero-order valence-electron chi connectivity index (χ0n) is 20.1. The second-order valence-corrected chi connectivity index (χ2v) is 10.7. The van der Waals surface area contributed by atoms with E-state index in [0.29, 0.717) is 23.0 Å². The Balaban J connectivity index is 1.74. The van der Waals surface area contributed by atoms with Crippen LogP contribution in [0.25, 0.3) is 11.0 Å². The molecular weight excluding hydrogens is 524 g/mol. The van der Waals surface area contributed by atoms with Crippen LogP contribution in [0.4, 0.5) is 8.78 Å². The Bertz CT molecular complexity index is 1530. The molecule has 10 heteroatoms. The van der Waals surface area contributed by atoms with Gasteiger partial charge in [-0.05, 0) is 56.2 Å². The first-order valence-corrected chi connectivity index (χ1v) is 13.3. The number of aryl methyl sites for hydroxylation is 1. The van der Waals surface area contributed by atoms with Crippen molar-refractivity contribution in [1.82, 2.24) is 4.31 Å². The summed E-state index contributed by atoms with van der Waals surface area (Å²) < 4.78 is 68.4. The summed E-state index contributed by atoms with van der Waals surface area (Å²) in [6, 6.07) is 15.2. The fourth-order valence-corrected chi connectivity index (χ4v) is 5.61. The average Bonchev–Trinajstić information content (AvgIpc) is 3.19. The highest BCUT2D eigenvalue weighted by Crippen LogP contribution is 2.30. The van der Waals surface area contributed by atoms with Crippen molar-refractivity contribution < 1.29 is 31.1 Å². The third kappa shape index (κ3) is 5.69. The van der Waals surface area contributed by atoms with Crippen molar-refractivity contribution in [2.75, 3.05) is 13.2 Å². The summed E-state index contributed by atoms with van der Waals surface area (Å²) in [6.45, 7) is 2.87. The van der Waals surface area contributed by atoms with Gasteiger partial charge in [0.05, 0.1) is 11.5 Å². The van der Waals surface area contributed by atoms with Gasteiger partial charge in [-0.25, -0.2) is 22.0 Å². The van der Waals surface area contributed by atoms with Crippen LogP contribution in [0.3, 0.4) is 0 Å². The van der Waals surface area contributed by atoms with E-state index in [1.165, 1.54) is 18.2 Å². The largest absolute Gasteiger partial charge is 0.460 e. The number of hydrogen-bond donors (Lipinski definition) is 0. The zero-order valence-corrected chi connectivity index (χ0v) is 21.7. The summed E-state index contributed by atoms with van der Waals surface area (Å²) in [4.78, 5) is 12.1. The van der Waals surface area contributed by atoms with Crippen molar-refractivity contribution in [1.29, 1.82) is 0 Å². The lowest BCUT2D eigenvalue weighted by Crippen LogP contribution is -2.33. The minimum Gasteiger partial charge on any atom is -0.460 e. The van der Waals surface area contributed by atoms with Gasteiger partial charge in [0.25, 0.3) is 0 Å². The lowest BCUT2D eigenvalue weighted by molar-refractivity contribution is 0.0491. The number of sulfonamides is 1. The Morgan fingerprint density at radius 3 is 2.38 bits per heavy atom. The van der Waals surface area contributed by atoms with Crippen molar-refractivity contribution in [2.45, 2.75) is 31.7 Å². The van der Waals surface area contributed by atoms with Gasteiger partial charge >= 0.3 is 5.97 Å². The van der Waals surface area contributed by atoms with Crippen LogP contribution in [0.15, 0.2) is 70.0 Å². The van der Waals surface area contributed by atoms with Crippen molar-refractivity contribution in [3.63, 3.8) is 0 Å². The number of halogens is 3. The summed E-state index contributed by atoms with van der Waals surface area (Å²) in [5, 5.41) is 0.284. The molecule has 37 heavy (non-hydrogen) atoms. The van der Waals surface area contributed by atoms with Gasteiger partial charge in [0, 0.05) is 34.6 Å². The molecule has 3 aromatic carbocycles. The van der Waals surface area contributed by atoms with E-state index in [-0.39, 0.29) is 28.8 Å². The van der Waals surface area contributed by atoms with E-state index in [1.807, 2.05) is 30.3 Å². The molecule has 0 radical (unpaired) electrons. The van der Waals surface area contributed by atoms with Gasteiger partial charge in [0.1, 0.15) is 17.2 Å². The maximum atomic E-state index is 14.6. The van der Waals surface area contributed by atoms with Crippen LogP contribution < -0.4 is 0 Å². The summed E-state index contributed by atoms with van der Waals surface area (Å²) in [5.41, 5.74) is 1.19. The molecule has 0 saturated heterocycles. The first-order chi connectivity index (χ1) is 17.6. The molecule has 0 aliphatic heterocycles. The predicted molar refractivity (Wildman–Crippen MR) is 136 cm³/mol. The quantitative estimate of drug-likeness (QED) is 0.230. The van der Waals surface area contributed by atoms with Crippen LogP contribution in [-0.4, -0.2) is 31.8 Å². The number of esters is 1. The highest BCUT2D eigenvalue weighted by molar-refractivity contribution is 7.89. The Morgan fingerprint density at radius 2 is 1.73 bits per heavy atom.